The van der Waals surface area contributed by atoms with E-state index in [0.29, 0.717) is 12.1 Å². The van der Waals surface area contributed by atoms with Crippen molar-refractivity contribution in [2.24, 2.45) is 0 Å². The van der Waals surface area contributed by atoms with Crippen LogP contribution in [0.2, 0.25) is 0 Å². The van der Waals surface area contributed by atoms with Crippen LogP contribution in [0.1, 0.15) is 38.2 Å². The second-order valence-corrected chi connectivity index (χ2v) is 5.35. The molecule has 2 nitrogen and oxygen atoms in total. The molecule has 0 saturated heterocycles. The molecule has 98 valence electrons. The van der Waals surface area contributed by atoms with Gasteiger partial charge in [-0.1, -0.05) is 37.3 Å². The summed E-state index contributed by atoms with van der Waals surface area (Å²) >= 11 is 0. The molecule has 0 heterocycles. The van der Waals surface area contributed by atoms with Gasteiger partial charge in [0.1, 0.15) is 0 Å². The van der Waals surface area contributed by atoms with Gasteiger partial charge in [-0.15, -0.1) is 12.3 Å². The maximum absolute atomic E-state index is 9.49. The van der Waals surface area contributed by atoms with Crippen molar-refractivity contribution in [2.45, 2.75) is 50.1 Å². The highest BCUT2D eigenvalue weighted by molar-refractivity contribution is 5.36. The Kier molecular flexibility index (Phi) is 4.25. The summed E-state index contributed by atoms with van der Waals surface area (Å²) < 4.78 is 0. The zero-order valence-corrected chi connectivity index (χ0v) is 11.4. The van der Waals surface area contributed by atoms with E-state index in [-0.39, 0.29) is 5.41 Å². The molecule has 1 aliphatic rings. The van der Waals surface area contributed by atoms with E-state index in [1.807, 2.05) is 18.2 Å². The Hall–Kier alpha value is -1.77. The second kappa shape index (κ2) is 5.91. The molecule has 19 heavy (non-hydrogen) atoms. The molecule has 2 heteroatoms. The maximum atomic E-state index is 9.49. The third kappa shape index (κ3) is 2.80. The van der Waals surface area contributed by atoms with Crippen LogP contribution in [0.25, 0.3) is 0 Å². The highest BCUT2D eigenvalue weighted by Crippen LogP contribution is 2.43. The second-order valence-electron chi connectivity index (χ2n) is 5.35. The van der Waals surface area contributed by atoms with Crippen LogP contribution in [0.5, 0.6) is 0 Å². The number of hydrogen-bond donors (Lipinski definition) is 1. The normalized spacial score (nSPS) is 26.8. The summed E-state index contributed by atoms with van der Waals surface area (Å²) in [4.78, 5) is 0. The van der Waals surface area contributed by atoms with E-state index in [4.69, 9.17) is 6.42 Å². The lowest BCUT2D eigenvalue weighted by Crippen LogP contribution is -2.53. The van der Waals surface area contributed by atoms with Crippen molar-refractivity contribution >= 4 is 0 Å². The Labute approximate surface area is 115 Å². The monoisotopic (exact) mass is 252 g/mol. The van der Waals surface area contributed by atoms with Crippen LogP contribution < -0.4 is 5.32 Å². The minimum absolute atomic E-state index is 0.298. The molecule has 0 bridgehead atoms. The molecule has 1 aromatic carbocycles. The topological polar surface area (TPSA) is 35.8 Å². The predicted molar refractivity (Wildman–Crippen MR) is 77.4 cm³/mol. The summed E-state index contributed by atoms with van der Waals surface area (Å²) in [6.07, 6.45) is 8.93. The van der Waals surface area contributed by atoms with Gasteiger partial charge in [-0.25, -0.2) is 0 Å². The largest absolute Gasteiger partial charge is 0.310 e. The highest BCUT2D eigenvalue weighted by atomic mass is 15.0. The zero-order valence-electron chi connectivity index (χ0n) is 11.4. The number of nitriles is 1. The summed E-state index contributed by atoms with van der Waals surface area (Å²) in [6.45, 7) is 2.14. The maximum Gasteiger partial charge on any atom is 0.0852 e. The number of nitrogens with zero attached hydrogens (tertiary/aromatic N) is 1. The molecule has 0 amide bonds. The molecule has 0 aliphatic heterocycles. The summed E-state index contributed by atoms with van der Waals surface area (Å²) in [5.74, 6) is 2.71. The lowest BCUT2D eigenvalue weighted by Gasteiger charge is -2.44. The van der Waals surface area contributed by atoms with Crippen molar-refractivity contribution in [3.63, 3.8) is 0 Å². The predicted octanol–water partition coefficient (Wildman–Crippen LogP) is 3.00. The average molecular weight is 252 g/mol. The Bertz CT molecular complexity index is 486. The Morgan fingerprint density at radius 3 is 2.63 bits per heavy atom. The lowest BCUT2D eigenvalue weighted by molar-refractivity contribution is 0.208. The van der Waals surface area contributed by atoms with E-state index in [0.717, 1.165) is 31.2 Å². The van der Waals surface area contributed by atoms with Gasteiger partial charge in [0.05, 0.1) is 11.5 Å². The third-order valence-corrected chi connectivity index (χ3v) is 4.06. The number of rotatable bonds is 5. The van der Waals surface area contributed by atoms with E-state index in [1.165, 1.54) is 0 Å². The van der Waals surface area contributed by atoms with E-state index < -0.39 is 0 Å². The first-order valence-electron chi connectivity index (χ1n) is 6.90. The summed E-state index contributed by atoms with van der Waals surface area (Å²) in [5, 5.41) is 13.1. The quantitative estimate of drug-likeness (QED) is 0.818. The first-order valence-corrected chi connectivity index (χ1v) is 6.90. The van der Waals surface area contributed by atoms with Crippen LogP contribution in [0.4, 0.5) is 0 Å². The number of terminal acetylenes is 1. The minimum atomic E-state index is -0.298. The molecule has 1 saturated carbocycles. The summed E-state index contributed by atoms with van der Waals surface area (Å²) in [7, 11) is 0. The van der Waals surface area contributed by atoms with Gasteiger partial charge in [-0.3, -0.25) is 0 Å². The van der Waals surface area contributed by atoms with Crippen molar-refractivity contribution < 1.29 is 0 Å². The zero-order chi connectivity index (χ0) is 13.7. The van der Waals surface area contributed by atoms with Gasteiger partial charge in [0, 0.05) is 18.5 Å². The molecule has 2 rings (SSSR count). The summed E-state index contributed by atoms with van der Waals surface area (Å²) in [6, 6.07) is 13.4. The lowest BCUT2D eigenvalue weighted by atomic mass is 9.62. The molecule has 1 aromatic rings. The molecule has 1 unspecified atom stereocenters. The van der Waals surface area contributed by atoms with E-state index in [9.17, 15) is 5.26 Å². The Balaban J connectivity index is 1.97. The van der Waals surface area contributed by atoms with Gasteiger partial charge in [0.15, 0.2) is 0 Å². The smallest absolute Gasteiger partial charge is 0.0852 e. The number of benzene rings is 1. The van der Waals surface area contributed by atoms with Crippen LogP contribution in [-0.4, -0.2) is 12.1 Å². The van der Waals surface area contributed by atoms with Crippen molar-refractivity contribution in [1.82, 2.24) is 5.32 Å². The Morgan fingerprint density at radius 2 is 2.11 bits per heavy atom. The summed E-state index contributed by atoms with van der Waals surface area (Å²) in [5.41, 5.74) is 0.841. The van der Waals surface area contributed by atoms with Gasteiger partial charge in [-0.05, 0) is 24.8 Å². The number of hydrogen-bond acceptors (Lipinski definition) is 2. The molecule has 1 aliphatic carbocycles. The number of nitrogens with one attached hydrogen (secondary N) is 1. The van der Waals surface area contributed by atoms with Crippen LogP contribution in [0.3, 0.4) is 0 Å². The first-order chi connectivity index (χ1) is 9.24. The highest BCUT2D eigenvalue weighted by Gasteiger charge is 2.46. The third-order valence-electron chi connectivity index (χ3n) is 4.06. The van der Waals surface area contributed by atoms with Gasteiger partial charge < -0.3 is 5.32 Å². The average Bonchev–Trinajstić information content (AvgIpc) is 2.42. The van der Waals surface area contributed by atoms with Crippen molar-refractivity contribution in [2.75, 3.05) is 0 Å². The van der Waals surface area contributed by atoms with Crippen LogP contribution in [0.15, 0.2) is 30.3 Å². The standard InChI is InChI=1S/C17H20N2/c1-3-8-15(4-2)19-16-11-17(12-16,13-18)14-9-6-5-7-10-14/h1,5-7,9-10,15-16,19H,4,8,11-12H2,2H3. The van der Waals surface area contributed by atoms with Gasteiger partial charge >= 0.3 is 0 Å². The first kappa shape index (κ1) is 13.7. The fourth-order valence-corrected chi connectivity index (χ4v) is 2.84. The fourth-order valence-electron chi connectivity index (χ4n) is 2.84. The molecule has 0 aromatic heterocycles. The van der Waals surface area contributed by atoms with Gasteiger partial charge in [-0.2, -0.15) is 5.26 Å². The van der Waals surface area contributed by atoms with Crippen LogP contribution in [0, 0.1) is 23.7 Å². The van der Waals surface area contributed by atoms with Gasteiger partial charge in [0.2, 0.25) is 0 Å². The fraction of sp³-hybridized carbons (Fsp3) is 0.471. The SMILES string of the molecule is C#CCC(CC)NC1CC(C#N)(c2ccccc2)C1. The van der Waals surface area contributed by atoms with Crippen molar-refractivity contribution in [3.05, 3.63) is 35.9 Å². The van der Waals surface area contributed by atoms with Crippen molar-refractivity contribution in [3.8, 4) is 18.4 Å². The van der Waals surface area contributed by atoms with Crippen molar-refractivity contribution in [1.29, 1.82) is 5.26 Å². The molecule has 0 radical (unpaired) electrons. The van der Waals surface area contributed by atoms with Crippen LogP contribution >= 0.6 is 0 Å². The molecular formula is C17H20N2. The van der Waals surface area contributed by atoms with E-state index in [2.05, 4.69) is 36.4 Å². The Morgan fingerprint density at radius 1 is 1.42 bits per heavy atom. The molecule has 0 spiro atoms. The van der Waals surface area contributed by atoms with E-state index in [1.54, 1.807) is 0 Å². The molecule has 1 atom stereocenters. The van der Waals surface area contributed by atoms with Crippen LogP contribution in [-0.2, 0) is 5.41 Å². The molecule has 1 N–H and O–H groups in total. The van der Waals surface area contributed by atoms with E-state index >= 15 is 0 Å². The minimum Gasteiger partial charge on any atom is -0.310 e. The molecule has 1 fully saturated rings. The van der Waals surface area contributed by atoms with Gasteiger partial charge in [0.25, 0.3) is 0 Å². The molecular weight excluding hydrogens is 232 g/mol.